The monoisotopic (exact) mass is 255 g/mol. The Hall–Kier alpha value is -1.28. The predicted molar refractivity (Wildman–Crippen MR) is 77.6 cm³/mol. The van der Waals surface area contributed by atoms with E-state index in [1.807, 2.05) is 0 Å². The Morgan fingerprint density at radius 1 is 1.21 bits per heavy atom. The van der Waals surface area contributed by atoms with E-state index in [1.54, 1.807) is 5.56 Å². The Labute approximate surface area is 114 Å². The van der Waals surface area contributed by atoms with Crippen LogP contribution in [0, 0.1) is 0 Å². The van der Waals surface area contributed by atoms with Crippen molar-refractivity contribution < 1.29 is 4.42 Å². The van der Waals surface area contributed by atoms with Gasteiger partial charge in [-0.15, -0.1) is 0 Å². The Morgan fingerprint density at radius 2 is 2.00 bits per heavy atom. The number of nitrogens with one attached hydrogen (secondary N) is 1. The molecule has 0 aliphatic heterocycles. The fraction of sp³-hybridized carbons (Fsp3) is 0.529. The molecule has 2 aliphatic carbocycles. The second-order valence-corrected chi connectivity index (χ2v) is 5.96. The molecule has 1 aromatic heterocycles. The molecule has 1 heterocycles. The van der Waals surface area contributed by atoms with Crippen molar-refractivity contribution in [2.24, 2.45) is 0 Å². The third-order valence-electron chi connectivity index (χ3n) is 4.54. The van der Waals surface area contributed by atoms with Gasteiger partial charge in [-0.3, -0.25) is 0 Å². The topological polar surface area (TPSA) is 25.2 Å². The van der Waals surface area contributed by atoms with E-state index in [1.165, 1.54) is 54.4 Å². The van der Waals surface area contributed by atoms with E-state index in [4.69, 9.17) is 4.42 Å². The van der Waals surface area contributed by atoms with Gasteiger partial charge in [-0.25, -0.2) is 0 Å². The first-order chi connectivity index (χ1) is 9.36. The number of hydrogen-bond donors (Lipinski definition) is 1. The minimum Gasteiger partial charge on any atom is -0.459 e. The SMILES string of the molecule is CCNCc1oc2cc3c(cc2c1C1CC1)CCC3. The molecule has 1 aromatic carbocycles. The quantitative estimate of drug-likeness (QED) is 0.896. The summed E-state index contributed by atoms with van der Waals surface area (Å²) in [6.45, 7) is 4.02. The van der Waals surface area contributed by atoms with Crippen LogP contribution in [0.5, 0.6) is 0 Å². The van der Waals surface area contributed by atoms with Crippen molar-refractivity contribution in [2.75, 3.05) is 6.54 Å². The van der Waals surface area contributed by atoms with Crippen LogP contribution in [0.15, 0.2) is 16.5 Å². The van der Waals surface area contributed by atoms with Crippen LogP contribution in [0.25, 0.3) is 11.0 Å². The first kappa shape index (κ1) is 11.5. The summed E-state index contributed by atoms with van der Waals surface area (Å²) in [7, 11) is 0. The molecular weight excluding hydrogens is 234 g/mol. The van der Waals surface area contributed by atoms with E-state index in [0.29, 0.717) is 0 Å². The van der Waals surface area contributed by atoms with Gasteiger partial charge < -0.3 is 9.73 Å². The molecule has 0 bridgehead atoms. The van der Waals surface area contributed by atoms with Gasteiger partial charge in [0.1, 0.15) is 11.3 Å². The summed E-state index contributed by atoms with van der Waals surface area (Å²) >= 11 is 0. The van der Waals surface area contributed by atoms with Crippen molar-refractivity contribution >= 4 is 11.0 Å². The third-order valence-corrected chi connectivity index (χ3v) is 4.54. The van der Waals surface area contributed by atoms with Gasteiger partial charge in [0.05, 0.1) is 6.54 Å². The molecule has 2 aliphatic rings. The van der Waals surface area contributed by atoms with Gasteiger partial charge in [0, 0.05) is 10.9 Å². The van der Waals surface area contributed by atoms with Crippen molar-refractivity contribution in [1.82, 2.24) is 5.32 Å². The maximum Gasteiger partial charge on any atom is 0.134 e. The average Bonchev–Trinajstić information content (AvgIpc) is 3.04. The summed E-state index contributed by atoms with van der Waals surface area (Å²) in [6.07, 6.45) is 6.47. The molecule has 1 fully saturated rings. The summed E-state index contributed by atoms with van der Waals surface area (Å²) in [5.74, 6) is 1.94. The molecule has 0 spiro atoms. The Bertz CT molecular complexity index is 622. The Morgan fingerprint density at radius 3 is 2.74 bits per heavy atom. The molecule has 2 nitrogen and oxygen atoms in total. The summed E-state index contributed by atoms with van der Waals surface area (Å²) < 4.78 is 6.17. The summed E-state index contributed by atoms with van der Waals surface area (Å²) in [4.78, 5) is 0. The lowest BCUT2D eigenvalue weighted by atomic mass is 10.0. The molecule has 0 amide bonds. The highest BCUT2D eigenvalue weighted by molar-refractivity contribution is 5.85. The fourth-order valence-corrected chi connectivity index (χ4v) is 3.42. The van der Waals surface area contributed by atoms with Gasteiger partial charge in [-0.05, 0) is 67.8 Å². The van der Waals surface area contributed by atoms with Crippen LogP contribution in [-0.2, 0) is 19.4 Å². The van der Waals surface area contributed by atoms with E-state index < -0.39 is 0 Å². The molecule has 0 unspecified atom stereocenters. The molecule has 19 heavy (non-hydrogen) atoms. The molecule has 0 saturated heterocycles. The molecule has 4 rings (SSSR count). The van der Waals surface area contributed by atoms with E-state index >= 15 is 0 Å². The molecule has 0 atom stereocenters. The van der Waals surface area contributed by atoms with Gasteiger partial charge in [-0.2, -0.15) is 0 Å². The first-order valence-electron chi connectivity index (χ1n) is 7.64. The van der Waals surface area contributed by atoms with Gasteiger partial charge in [0.2, 0.25) is 0 Å². The first-order valence-corrected chi connectivity index (χ1v) is 7.64. The van der Waals surface area contributed by atoms with Gasteiger partial charge >= 0.3 is 0 Å². The van der Waals surface area contributed by atoms with Crippen LogP contribution >= 0.6 is 0 Å². The number of fused-ring (bicyclic) bond motifs is 2. The Balaban J connectivity index is 1.85. The van der Waals surface area contributed by atoms with Gasteiger partial charge in [0.25, 0.3) is 0 Å². The van der Waals surface area contributed by atoms with E-state index in [0.717, 1.165) is 24.6 Å². The largest absolute Gasteiger partial charge is 0.459 e. The molecule has 1 saturated carbocycles. The zero-order valence-corrected chi connectivity index (χ0v) is 11.6. The lowest BCUT2D eigenvalue weighted by molar-refractivity contribution is 0.513. The van der Waals surface area contributed by atoms with Crippen molar-refractivity contribution in [1.29, 1.82) is 0 Å². The molecule has 2 heteroatoms. The number of hydrogen-bond acceptors (Lipinski definition) is 2. The highest BCUT2D eigenvalue weighted by atomic mass is 16.3. The molecule has 2 aromatic rings. The van der Waals surface area contributed by atoms with Crippen LogP contribution in [0.3, 0.4) is 0 Å². The van der Waals surface area contributed by atoms with Crippen LogP contribution in [0.1, 0.15) is 54.6 Å². The number of furan rings is 1. The van der Waals surface area contributed by atoms with Crippen LogP contribution in [0.2, 0.25) is 0 Å². The van der Waals surface area contributed by atoms with Crippen molar-refractivity contribution in [2.45, 2.75) is 51.5 Å². The average molecular weight is 255 g/mol. The summed E-state index contributed by atoms with van der Waals surface area (Å²) in [6, 6.07) is 4.73. The predicted octanol–water partition coefficient (Wildman–Crippen LogP) is 3.91. The van der Waals surface area contributed by atoms with Gasteiger partial charge in [-0.1, -0.05) is 6.92 Å². The maximum absolute atomic E-state index is 6.17. The number of rotatable bonds is 4. The second-order valence-electron chi connectivity index (χ2n) is 5.96. The minimum absolute atomic E-state index is 0.759. The van der Waals surface area contributed by atoms with Crippen molar-refractivity contribution in [3.05, 3.63) is 34.6 Å². The normalized spacial score (nSPS) is 18.2. The van der Waals surface area contributed by atoms with Crippen LogP contribution in [-0.4, -0.2) is 6.54 Å². The summed E-state index contributed by atoms with van der Waals surface area (Å²) in [5, 5.41) is 4.81. The highest BCUT2D eigenvalue weighted by Gasteiger charge is 2.31. The van der Waals surface area contributed by atoms with E-state index in [-0.39, 0.29) is 0 Å². The minimum atomic E-state index is 0.759. The van der Waals surface area contributed by atoms with Gasteiger partial charge in [0.15, 0.2) is 0 Å². The Kier molecular flexibility index (Phi) is 2.66. The summed E-state index contributed by atoms with van der Waals surface area (Å²) in [5.41, 5.74) is 5.70. The molecular formula is C17H21NO. The smallest absolute Gasteiger partial charge is 0.134 e. The van der Waals surface area contributed by atoms with E-state index in [9.17, 15) is 0 Å². The maximum atomic E-state index is 6.17. The molecule has 100 valence electrons. The number of aryl methyl sites for hydroxylation is 2. The van der Waals surface area contributed by atoms with Crippen LogP contribution in [0.4, 0.5) is 0 Å². The van der Waals surface area contributed by atoms with Crippen LogP contribution < -0.4 is 5.32 Å². The zero-order chi connectivity index (χ0) is 12.8. The third kappa shape index (κ3) is 1.90. The fourth-order valence-electron chi connectivity index (χ4n) is 3.42. The second kappa shape index (κ2) is 4.38. The zero-order valence-electron chi connectivity index (χ0n) is 11.6. The van der Waals surface area contributed by atoms with Crippen molar-refractivity contribution in [3.63, 3.8) is 0 Å². The van der Waals surface area contributed by atoms with E-state index in [2.05, 4.69) is 24.4 Å². The number of benzene rings is 1. The highest BCUT2D eigenvalue weighted by Crippen LogP contribution is 2.47. The lowest BCUT2D eigenvalue weighted by Crippen LogP contribution is -2.12. The standard InChI is InChI=1S/C17H21NO/c1-2-18-10-16-17(11-6-7-11)14-8-12-4-3-5-13(12)9-15(14)19-16/h8-9,11,18H,2-7,10H2,1H3. The molecule has 1 N–H and O–H groups in total. The lowest BCUT2D eigenvalue weighted by Gasteiger charge is -2.02. The molecule has 0 radical (unpaired) electrons. The van der Waals surface area contributed by atoms with Crippen molar-refractivity contribution in [3.8, 4) is 0 Å².